The lowest BCUT2D eigenvalue weighted by atomic mass is 10.0. The highest BCUT2D eigenvalue weighted by Gasteiger charge is 2.44. The van der Waals surface area contributed by atoms with E-state index in [1.807, 2.05) is 5.32 Å². The van der Waals surface area contributed by atoms with Crippen LogP contribution < -0.4 is 5.32 Å². The van der Waals surface area contributed by atoms with Gasteiger partial charge in [0.15, 0.2) is 0 Å². The lowest BCUT2D eigenvalue weighted by Crippen LogP contribution is -2.54. The molecular formula is C13H10N2O4. The third-order valence-electron chi connectivity index (χ3n) is 3.17. The molecule has 3 rings (SSSR count). The molecule has 0 unspecified atom stereocenters. The predicted octanol–water partition coefficient (Wildman–Crippen LogP) is 0.0878. The molecule has 0 saturated carbocycles. The van der Waals surface area contributed by atoms with Crippen LogP contribution >= 0.6 is 0 Å². The van der Waals surface area contributed by atoms with E-state index in [-0.39, 0.29) is 24.0 Å². The third kappa shape index (κ3) is 1.64. The molecule has 1 N–H and O–H groups in total. The number of fused-ring (bicyclic) bond motifs is 1. The van der Waals surface area contributed by atoms with Crippen molar-refractivity contribution < 1.29 is 20.5 Å². The first-order chi connectivity index (χ1) is 9.45. The van der Waals surface area contributed by atoms with Gasteiger partial charge in [-0.1, -0.05) is 12.1 Å². The number of benzene rings is 1. The number of rotatable bonds is 1. The van der Waals surface area contributed by atoms with Gasteiger partial charge < -0.3 is 0 Å². The van der Waals surface area contributed by atoms with E-state index in [1.54, 1.807) is 12.1 Å². The summed E-state index contributed by atoms with van der Waals surface area (Å²) in [6, 6.07) is 4.10. The van der Waals surface area contributed by atoms with Crippen LogP contribution in [0.15, 0.2) is 24.3 Å². The summed E-state index contributed by atoms with van der Waals surface area (Å²) in [5, 5.41) is 2.00. The van der Waals surface area contributed by atoms with Crippen LogP contribution in [0.25, 0.3) is 0 Å². The molecule has 1 saturated heterocycles. The normalized spacial score (nSPS) is 27.2. The zero-order valence-corrected chi connectivity index (χ0v) is 9.80. The number of imide groups is 2. The quantitative estimate of drug-likeness (QED) is 0.724. The Bertz CT molecular complexity index is 637. The molecule has 6 nitrogen and oxygen atoms in total. The highest BCUT2D eigenvalue weighted by Crippen LogP contribution is 2.26. The minimum atomic E-state index is -2.07. The molecule has 96 valence electrons. The minimum Gasteiger partial charge on any atom is -0.295 e. The highest BCUT2D eigenvalue weighted by molar-refractivity contribution is 6.23. The van der Waals surface area contributed by atoms with E-state index in [9.17, 15) is 19.2 Å². The summed E-state index contributed by atoms with van der Waals surface area (Å²) in [5.74, 6) is -2.80. The van der Waals surface area contributed by atoms with Crippen molar-refractivity contribution in [3.05, 3.63) is 35.4 Å². The van der Waals surface area contributed by atoms with Gasteiger partial charge in [-0.05, 0) is 18.6 Å². The SMILES string of the molecule is [2H][C@@]1(N2C(=O)c3ccccc3C2=O)CCC(=O)NC1=O. The summed E-state index contributed by atoms with van der Waals surface area (Å²) in [7, 11) is 0. The highest BCUT2D eigenvalue weighted by atomic mass is 16.2. The Kier molecular flexibility index (Phi) is 2.20. The van der Waals surface area contributed by atoms with Gasteiger partial charge in [0, 0.05) is 6.42 Å². The third-order valence-corrected chi connectivity index (χ3v) is 3.17. The fourth-order valence-corrected chi connectivity index (χ4v) is 2.25. The van der Waals surface area contributed by atoms with Crippen molar-refractivity contribution in [1.29, 1.82) is 0 Å². The van der Waals surface area contributed by atoms with Crippen LogP contribution in [-0.2, 0) is 9.59 Å². The first-order valence-corrected chi connectivity index (χ1v) is 5.77. The van der Waals surface area contributed by atoms with Gasteiger partial charge in [0.25, 0.3) is 11.8 Å². The van der Waals surface area contributed by atoms with Crippen LogP contribution in [0.1, 0.15) is 34.9 Å². The summed E-state index contributed by atoms with van der Waals surface area (Å²) in [6.45, 7) is 0. The Labute approximate surface area is 109 Å². The minimum absolute atomic E-state index is 0.0807. The van der Waals surface area contributed by atoms with E-state index < -0.39 is 29.6 Å². The summed E-state index contributed by atoms with van der Waals surface area (Å²) in [6.07, 6.45) is -0.272. The maximum absolute atomic E-state index is 12.3. The van der Waals surface area contributed by atoms with Crippen molar-refractivity contribution in [1.82, 2.24) is 10.2 Å². The summed E-state index contributed by atoms with van der Waals surface area (Å²) in [4.78, 5) is 48.2. The molecule has 6 heteroatoms. The monoisotopic (exact) mass is 259 g/mol. The standard InChI is InChI=1S/C13H10N2O4/c16-10-6-5-9(11(17)14-10)15-12(18)7-3-1-2-4-8(7)13(15)19/h1-4,9H,5-6H2,(H,14,16,17)/t9-/m1/s1/i9D. The molecule has 0 spiro atoms. The average Bonchev–Trinajstić information content (AvgIpc) is 2.68. The zero-order chi connectivity index (χ0) is 14.5. The molecule has 2 heterocycles. The number of hydrogen-bond acceptors (Lipinski definition) is 4. The summed E-state index contributed by atoms with van der Waals surface area (Å²) < 4.78 is 8.17. The number of nitrogens with zero attached hydrogens (tertiary/aromatic N) is 1. The van der Waals surface area contributed by atoms with Crippen LogP contribution in [0.5, 0.6) is 0 Å². The van der Waals surface area contributed by atoms with E-state index >= 15 is 0 Å². The van der Waals surface area contributed by atoms with Crippen molar-refractivity contribution in [3.8, 4) is 0 Å². The topological polar surface area (TPSA) is 83.6 Å². The Morgan fingerprint density at radius 1 is 1.11 bits per heavy atom. The average molecular weight is 259 g/mol. The second kappa shape index (κ2) is 4.01. The van der Waals surface area contributed by atoms with E-state index in [2.05, 4.69) is 0 Å². The molecule has 1 atom stereocenters. The van der Waals surface area contributed by atoms with Crippen molar-refractivity contribution in [3.63, 3.8) is 0 Å². The van der Waals surface area contributed by atoms with Crippen LogP contribution in [0, 0.1) is 0 Å². The first kappa shape index (κ1) is 10.4. The van der Waals surface area contributed by atoms with Crippen LogP contribution in [0.3, 0.4) is 0 Å². The van der Waals surface area contributed by atoms with Gasteiger partial charge in [0.1, 0.15) is 6.02 Å². The largest absolute Gasteiger partial charge is 0.295 e. The summed E-state index contributed by atoms with van der Waals surface area (Å²) in [5.41, 5.74) is 0.350. The van der Waals surface area contributed by atoms with E-state index in [0.29, 0.717) is 4.90 Å². The molecule has 1 aromatic rings. The fourth-order valence-electron chi connectivity index (χ4n) is 2.25. The Morgan fingerprint density at radius 3 is 2.21 bits per heavy atom. The van der Waals surface area contributed by atoms with Crippen LogP contribution in [0.2, 0.25) is 0 Å². The van der Waals surface area contributed by atoms with Crippen molar-refractivity contribution in [2.45, 2.75) is 18.9 Å². The number of carbonyl (C=O) groups excluding carboxylic acids is 4. The predicted molar refractivity (Wildman–Crippen MR) is 63.1 cm³/mol. The molecule has 1 fully saturated rings. The van der Waals surface area contributed by atoms with Crippen molar-refractivity contribution >= 4 is 23.6 Å². The maximum atomic E-state index is 12.3. The zero-order valence-electron chi connectivity index (χ0n) is 10.8. The van der Waals surface area contributed by atoms with Crippen LogP contribution in [-0.4, -0.2) is 34.5 Å². The molecule has 1 aromatic carbocycles. The second-order valence-electron chi connectivity index (χ2n) is 4.32. The molecule has 2 aliphatic rings. The van der Waals surface area contributed by atoms with Crippen molar-refractivity contribution in [2.24, 2.45) is 0 Å². The molecule has 4 amide bonds. The van der Waals surface area contributed by atoms with E-state index in [1.165, 1.54) is 12.1 Å². The fraction of sp³-hybridized carbons (Fsp3) is 0.231. The van der Waals surface area contributed by atoms with Gasteiger partial charge in [-0.3, -0.25) is 29.4 Å². The number of hydrogen-bond donors (Lipinski definition) is 1. The molecule has 0 radical (unpaired) electrons. The van der Waals surface area contributed by atoms with E-state index in [4.69, 9.17) is 1.37 Å². The molecule has 19 heavy (non-hydrogen) atoms. The lowest BCUT2D eigenvalue weighted by molar-refractivity contribution is -0.136. The van der Waals surface area contributed by atoms with E-state index in [0.717, 1.165) is 0 Å². The molecule has 0 aromatic heterocycles. The van der Waals surface area contributed by atoms with Gasteiger partial charge in [-0.25, -0.2) is 0 Å². The Hall–Kier alpha value is -2.50. The number of carbonyl (C=O) groups is 4. The van der Waals surface area contributed by atoms with Gasteiger partial charge in [-0.2, -0.15) is 0 Å². The second-order valence-corrected chi connectivity index (χ2v) is 4.32. The summed E-state index contributed by atoms with van der Waals surface area (Å²) >= 11 is 0. The first-order valence-electron chi connectivity index (χ1n) is 6.27. The number of amides is 4. The number of nitrogens with one attached hydrogen (secondary N) is 1. The number of piperidine rings is 1. The van der Waals surface area contributed by atoms with Gasteiger partial charge in [0.2, 0.25) is 11.8 Å². The molecule has 0 aliphatic carbocycles. The smallest absolute Gasteiger partial charge is 0.262 e. The van der Waals surface area contributed by atoms with Crippen LogP contribution in [0.4, 0.5) is 0 Å². The van der Waals surface area contributed by atoms with Crippen molar-refractivity contribution in [2.75, 3.05) is 0 Å². The Balaban J connectivity index is 2.04. The lowest BCUT2D eigenvalue weighted by Gasteiger charge is -2.27. The maximum Gasteiger partial charge on any atom is 0.262 e. The van der Waals surface area contributed by atoms with Gasteiger partial charge in [0.05, 0.1) is 12.5 Å². The molecular weight excluding hydrogens is 248 g/mol. The Morgan fingerprint density at radius 2 is 1.68 bits per heavy atom. The molecule has 2 aliphatic heterocycles. The van der Waals surface area contributed by atoms with Gasteiger partial charge >= 0.3 is 0 Å². The molecule has 0 bridgehead atoms. The van der Waals surface area contributed by atoms with Gasteiger partial charge in [-0.15, -0.1) is 0 Å².